The quantitative estimate of drug-likeness (QED) is 0.739. The van der Waals surface area contributed by atoms with Crippen LogP contribution in [0.2, 0.25) is 0 Å². The zero-order chi connectivity index (χ0) is 11.7. The molecule has 1 saturated carbocycles. The molecule has 0 heterocycles. The zero-order valence-corrected chi connectivity index (χ0v) is 9.79. The first kappa shape index (κ1) is 12.5. The summed E-state index contributed by atoms with van der Waals surface area (Å²) in [5, 5.41) is 19.6. The minimum atomic E-state index is -1.59. The van der Waals surface area contributed by atoms with Crippen molar-refractivity contribution in [3.05, 3.63) is 0 Å². The van der Waals surface area contributed by atoms with Gasteiger partial charge in [0.15, 0.2) is 5.60 Å². The Morgan fingerprint density at radius 2 is 1.87 bits per heavy atom. The zero-order valence-electron chi connectivity index (χ0n) is 9.79. The maximum Gasteiger partial charge on any atom is 0.337 e. The molecule has 0 saturated heterocycles. The molecular formula is C11H21NO3. The van der Waals surface area contributed by atoms with E-state index in [1.807, 2.05) is 25.9 Å². The van der Waals surface area contributed by atoms with Gasteiger partial charge in [-0.2, -0.15) is 0 Å². The highest BCUT2D eigenvalue weighted by atomic mass is 16.4. The molecule has 0 aliphatic heterocycles. The maximum atomic E-state index is 11.3. The van der Waals surface area contributed by atoms with Crippen molar-refractivity contribution in [1.29, 1.82) is 0 Å². The molecule has 1 aliphatic rings. The number of nitrogens with zero attached hydrogens (tertiary/aromatic N) is 1. The van der Waals surface area contributed by atoms with Crippen LogP contribution < -0.4 is 0 Å². The molecule has 1 fully saturated rings. The highest BCUT2D eigenvalue weighted by Gasteiger charge is 2.57. The van der Waals surface area contributed by atoms with Crippen molar-refractivity contribution in [2.24, 2.45) is 0 Å². The summed E-state index contributed by atoms with van der Waals surface area (Å²) in [5.74, 6) is -1.09. The molecule has 0 spiro atoms. The van der Waals surface area contributed by atoms with Gasteiger partial charge in [-0.25, -0.2) is 4.79 Å². The molecule has 0 aromatic rings. The predicted octanol–water partition coefficient (Wildman–Crippen LogP) is 1.09. The van der Waals surface area contributed by atoms with Crippen LogP contribution in [0.5, 0.6) is 0 Å². The Labute approximate surface area is 90.9 Å². The van der Waals surface area contributed by atoms with Crippen LogP contribution in [0.4, 0.5) is 0 Å². The number of carboxylic acid groups (broad SMARTS) is 1. The topological polar surface area (TPSA) is 60.8 Å². The molecule has 4 heteroatoms. The lowest BCUT2D eigenvalue weighted by molar-refractivity contribution is -0.185. The Hall–Kier alpha value is -0.610. The predicted molar refractivity (Wildman–Crippen MR) is 57.8 cm³/mol. The lowest BCUT2D eigenvalue weighted by atomic mass is 9.67. The Balaban J connectivity index is 3.14. The van der Waals surface area contributed by atoms with Crippen LogP contribution in [-0.4, -0.2) is 46.3 Å². The summed E-state index contributed by atoms with van der Waals surface area (Å²) >= 11 is 0. The summed E-state index contributed by atoms with van der Waals surface area (Å²) in [6.07, 6.45) is 3.54. The lowest BCUT2D eigenvalue weighted by Crippen LogP contribution is -2.67. The minimum Gasteiger partial charge on any atom is -0.479 e. The van der Waals surface area contributed by atoms with Crippen LogP contribution in [0.1, 0.15) is 39.0 Å². The number of hydrogen-bond acceptors (Lipinski definition) is 3. The van der Waals surface area contributed by atoms with Crippen LogP contribution in [0.15, 0.2) is 0 Å². The van der Waals surface area contributed by atoms with Gasteiger partial charge in [0, 0.05) is 0 Å². The normalized spacial score (nSPS) is 36.9. The van der Waals surface area contributed by atoms with E-state index in [0.717, 1.165) is 19.3 Å². The fourth-order valence-corrected chi connectivity index (χ4v) is 2.92. The van der Waals surface area contributed by atoms with Crippen molar-refractivity contribution in [1.82, 2.24) is 4.90 Å². The number of aliphatic carboxylic acids is 1. The van der Waals surface area contributed by atoms with Gasteiger partial charge >= 0.3 is 5.97 Å². The van der Waals surface area contributed by atoms with Crippen LogP contribution in [0.3, 0.4) is 0 Å². The molecule has 1 rings (SSSR count). The van der Waals surface area contributed by atoms with Gasteiger partial charge in [-0.1, -0.05) is 13.3 Å². The van der Waals surface area contributed by atoms with Crippen molar-refractivity contribution in [2.45, 2.75) is 50.2 Å². The molecule has 0 unspecified atom stereocenters. The second-order valence-electron chi connectivity index (χ2n) is 4.65. The number of hydrogen-bond donors (Lipinski definition) is 2. The molecule has 0 radical (unpaired) electrons. The van der Waals surface area contributed by atoms with Gasteiger partial charge < -0.3 is 15.1 Å². The second-order valence-corrected chi connectivity index (χ2v) is 4.65. The van der Waals surface area contributed by atoms with Crippen molar-refractivity contribution in [2.75, 3.05) is 14.1 Å². The number of rotatable bonds is 3. The van der Waals surface area contributed by atoms with Crippen LogP contribution in [0.25, 0.3) is 0 Å². The van der Waals surface area contributed by atoms with Gasteiger partial charge in [-0.3, -0.25) is 0 Å². The third-order valence-corrected chi connectivity index (χ3v) is 3.94. The van der Waals surface area contributed by atoms with E-state index in [2.05, 4.69) is 0 Å². The molecule has 88 valence electrons. The first-order valence-corrected chi connectivity index (χ1v) is 5.54. The maximum absolute atomic E-state index is 11.3. The number of likely N-dealkylation sites (N-methyl/N-ethyl adjacent to an activating group) is 1. The van der Waals surface area contributed by atoms with E-state index in [9.17, 15) is 15.0 Å². The average molecular weight is 215 g/mol. The van der Waals surface area contributed by atoms with Crippen molar-refractivity contribution in [3.63, 3.8) is 0 Å². The van der Waals surface area contributed by atoms with Crippen molar-refractivity contribution in [3.8, 4) is 0 Å². The summed E-state index contributed by atoms with van der Waals surface area (Å²) in [5.41, 5.74) is -2.21. The largest absolute Gasteiger partial charge is 0.479 e. The summed E-state index contributed by atoms with van der Waals surface area (Å²) in [7, 11) is 3.70. The number of carbonyl (C=O) groups is 1. The van der Waals surface area contributed by atoms with E-state index >= 15 is 0 Å². The average Bonchev–Trinajstić information content (AvgIpc) is 2.18. The van der Waals surface area contributed by atoms with Gasteiger partial charge in [-0.15, -0.1) is 0 Å². The molecule has 0 aromatic carbocycles. The molecular weight excluding hydrogens is 194 g/mol. The van der Waals surface area contributed by atoms with Gasteiger partial charge in [0.1, 0.15) is 0 Å². The van der Waals surface area contributed by atoms with E-state index < -0.39 is 17.1 Å². The SMILES string of the molecule is CC[C@]1(N(C)C)CCCC[C@@]1(O)C(=O)O. The van der Waals surface area contributed by atoms with Crippen LogP contribution in [0, 0.1) is 0 Å². The fraction of sp³-hybridized carbons (Fsp3) is 0.909. The van der Waals surface area contributed by atoms with Gasteiger partial charge in [0.2, 0.25) is 0 Å². The Bertz CT molecular complexity index is 254. The fourth-order valence-electron chi connectivity index (χ4n) is 2.92. The molecule has 0 bridgehead atoms. The van der Waals surface area contributed by atoms with E-state index in [0.29, 0.717) is 12.8 Å². The molecule has 4 nitrogen and oxygen atoms in total. The summed E-state index contributed by atoms with van der Waals surface area (Å²) < 4.78 is 0. The van der Waals surface area contributed by atoms with E-state index in [4.69, 9.17) is 0 Å². The first-order valence-electron chi connectivity index (χ1n) is 5.54. The lowest BCUT2D eigenvalue weighted by Gasteiger charge is -2.51. The van der Waals surface area contributed by atoms with Gasteiger partial charge in [0.25, 0.3) is 0 Å². The monoisotopic (exact) mass is 215 g/mol. The summed E-state index contributed by atoms with van der Waals surface area (Å²) in [6.45, 7) is 1.94. The molecule has 0 aromatic heterocycles. The van der Waals surface area contributed by atoms with Crippen molar-refractivity contribution < 1.29 is 15.0 Å². The van der Waals surface area contributed by atoms with E-state index in [1.54, 1.807) is 0 Å². The molecule has 15 heavy (non-hydrogen) atoms. The molecule has 0 amide bonds. The Morgan fingerprint density at radius 3 is 2.20 bits per heavy atom. The van der Waals surface area contributed by atoms with Crippen LogP contribution >= 0.6 is 0 Å². The number of aliphatic hydroxyl groups is 1. The summed E-state index contributed by atoms with van der Waals surface area (Å²) in [4.78, 5) is 13.2. The van der Waals surface area contributed by atoms with Crippen molar-refractivity contribution >= 4 is 5.97 Å². The number of carboxylic acids is 1. The van der Waals surface area contributed by atoms with Crippen LogP contribution in [-0.2, 0) is 4.79 Å². The molecule has 2 N–H and O–H groups in total. The standard InChI is InChI=1S/C11H21NO3/c1-4-10(12(2)3)7-5-6-8-11(10,15)9(13)14/h15H,4-8H2,1-3H3,(H,13,14)/t10-,11+/m0/s1. The smallest absolute Gasteiger partial charge is 0.337 e. The minimum absolute atomic E-state index is 0.356. The first-order chi connectivity index (χ1) is 6.90. The Morgan fingerprint density at radius 1 is 1.33 bits per heavy atom. The van der Waals surface area contributed by atoms with E-state index in [-0.39, 0.29) is 0 Å². The Kier molecular flexibility index (Phi) is 3.41. The van der Waals surface area contributed by atoms with Gasteiger partial charge in [0.05, 0.1) is 5.54 Å². The molecule has 2 atom stereocenters. The third-order valence-electron chi connectivity index (χ3n) is 3.94. The molecule has 1 aliphatic carbocycles. The summed E-state index contributed by atoms with van der Waals surface area (Å²) in [6, 6.07) is 0. The third kappa shape index (κ3) is 1.66. The highest BCUT2D eigenvalue weighted by molar-refractivity contribution is 5.79. The highest BCUT2D eigenvalue weighted by Crippen LogP contribution is 2.43. The van der Waals surface area contributed by atoms with Gasteiger partial charge in [-0.05, 0) is 39.8 Å². The van der Waals surface area contributed by atoms with E-state index in [1.165, 1.54) is 0 Å². The second kappa shape index (κ2) is 4.10.